The summed E-state index contributed by atoms with van der Waals surface area (Å²) in [5, 5.41) is 3.38. The van der Waals surface area contributed by atoms with Gasteiger partial charge < -0.3 is 19.9 Å². The average Bonchev–Trinajstić information content (AvgIpc) is 2.84. The molecular formula is C23H26FN7O. The van der Waals surface area contributed by atoms with Gasteiger partial charge in [0.15, 0.2) is 5.96 Å². The van der Waals surface area contributed by atoms with E-state index in [0.717, 1.165) is 50.2 Å². The molecule has 0 radical (unpaired) electrons. The molecule has 1 saturated heterocycles. The van der Waals surface area contributed by atoms with Crippen LogP contribution in [0.15, 0.2) is 66.0 Å². The van der Waals surface area contributed by atoms with Crippen LogP contribution in [0.1, 0.15) is 12.5 Å². The summed E-state index contributed by atoms with van der Waals surface area (Å²) in [7, 11) is 0. The van der Waals surface area contributed by atoms with Gasteiger partial charge in [0.2, 0.25) is 11.8 Å². The number of rotatable bonds is 6. The van der Waals surface area contributed by atoms with Crippen LogP contribution in [-0.4, -0.2) is 58.5 Å². The summed E-state index contributed by atoms with van der Waals surface area (Å²) < 4.78 is 18.8. The predicted octanol–water partition coefficient (Wildman–Crippen LogP) is 3.09. The number of aliphatic imine (C=N–C) groups is 1. The van der Waals surface area contributed by atoms with Gasteiger partial charge in [-0.25, -0.2) is 24.3 Å². The van der Waals surface area contributed by atoms with Gasteiger partial charge in [-0.15, -0.1) is 0 Å². The van der Waals surface area contributed by atoms with Gasteiger partial charge in [0, 0.05) is 57.4 Å². The van der Waals surface area contributed by atoms with Gasteiger partial charge in [-0.3, -0.25) is 0 Å². The highest BCUT2D eigenvalue weighted by molar-refractivity contribution is 5.80. The standard InChI is InChI=1S/C23H26FN7O/c1-2-25-22(30-12-14-31(15-13-30)23-27-9-3-10-28-23)29-17-18-8-11-26-21(16-18)32-20-6-4-19(24)5-7-20/h3-11,16H,2,12-15,17H2,1H3,(H,25,29). The number of hydrogen-bond donors (Lipinski definition) is 1. The maximum atomic E-state index is 13.1. The van der Waals surface area contributed by atoms with Crippen molar-refractivity contribution < 1.29 is 9.13 Å². The SMILES string of the molecule is CCNC(=NCc1ccnc(Oc2ccc(F)cc2)c1)N1CCN(c2ncccn2)CC1. The van der Waals surface area contributed by atoms with E-state index in [0.29, 0.717) is 18.2 Å². The Kier molecular flexibility index (Phi) is 7.06. The number of pyridine rings is 1. The van der Waals surface area contributed by atoms with Gasteiger partial charge in [0.1, 0.15) is 11.6 Å². The Morgan fingerprint density at radius 1 is 1.03 bits per heavy atom. The number of hydrogen-bond acceptors (Lipinski definition) is 6. The van der Waals surface area contributed by atoms with E-state index in [-0.39, 0.29) is 5.82 Å². The molecule has 1 aliphatic heterocycles. The number of nitrogens with one attached hydrogen (secondary N) is 1. The number of piperazine rings is 1. The average molecular weight is 436 g/mol. The quantitative estimate of drug-likeness (QED) is 0.471. The molecule has 0 atom stereocenters. The highest BCUT2D eigenvalue weighted by Crippen LogP contribution is 2.20. The Hall–Kier alpha value is -3.75. The number of guanidine groups is 1. The van der Waals surface area contributed by atoms with E-state index in [1.807, 2.05) is 18.2 Å². The molecule has 3 aromatic rings. The zero-order chi connectivity index (χ0) is 22.2. The number of anilines is 1. The molecule has 32 heavy (non-hydrogen) atoms. The molecule has 0 saturated carbocycles. The summed E-state index contributed by atoms with van der Waals surface area (Å²) in [5.41, 5.74) is 0.976. The molecule has 3 heterocycles. The van der Waals surface area contributed by atoms with Crippen LogP contribution in [-0.2, 0) is 6.54 Å². The van der Waals surface area contributed by atoms with Gasteiger partial charge in [-0.05, 0) is 48.9 Å². The van der Waals surface area contributed by atoms with E-state index in [9.17, 15) is 4.39 Å². The molecule has 166 valence electrons. The minimum atomic E-state index is -0.304. The van der Waals surface area contributed by atoms with Crippen molar-refractivity contribution in [3.63, 3.8) is 0 Å². The largest absolute Gasteiger partial charge is 0.439 e. The lowest BCUT2D eigenvalue weighted by atomic mass is 10.2. The third kappa shape index (κ3) is 5.69. The van der Waals surface area contributed by atoms with Crippen molar-refractivity contribution in [3.05, 3.63) is 72.4 Å². The Labute approximate surface area is 186 Å². The summed E-state index contributed by atoms with van der Waals surface area (Å²) in [4.78, 5) is 22.2. The minimum Gasteiger partial charge on any atom is -0.439 e. The number of nitrogens with zero attached hydrogens (tertiary/aromatic N) is 6. The van der Waals surface area contributed by atoms with Crippen LogP contribution in [0, 0.1) is 5.82 Å². The van der Waals surface area contributed by atoms with Crippen molar-refractivity contribution in [1.29, 1.82) is 0 Å². The Morgan fingerprint density at radius 3 is 2.50 bits per heavy atom. The van der Waals surface area contributed by atoms with E-state index in [4.69, 9.17) is 9.73 Å². The van der Waals surface area contributed by atoms with Crippen LogP contribution in [0.25, 0.3) is 0 Å². The van der Waals surface area contributed by atoms with Gasteiger partial charge in [-0.1, -0.05) is 0 Å². The van der Waals surface area contributed by atoms with E-state index in [1.165, 1.54) is 12.1 Å². The Bertz CT molecular complexity index is 1020. The lowest BCUT2D eigenvalue weighted by Crippen LogP contribution is -2.52. The van der Waals surface area contributed by atoms with Crippen LogP contribution in [0.4, 0.5) is 10.3 Å². The van der Waals surface area contributed by atoms with Crippen LogP contribution < -0.4 is 15.0 Å². The Morgan fingerprint density at radius 2 is 1.78 bits per heavy atom. The topological polar surface area (TPSA) is 78.8 Å². The van der Waals surface area contributed by atoms with Gasteiger partial charge in [0.25, 0.3) is 0 Å². The fourth-order valence-electron chi connectivity index (χ4n) is 3.39. The molecule has 1 N–H and O–H groups in total. The van der Waals surface area contributed by atoms with Crippen molar-refractivity contribution >= 4 is 11.9 Å². The first kappa shape index (κ1) is 21.5. The summed E-state index contributed by atoms with van der Waals surface area (Å²) >= 11 is 0. The Balaban J connectivity index is 1.38. The lowest BCUT2D eigenvalue weighted by molar-refractivity contribution is 0.370. The number of halogens is 1. The second-order valence-electron chi connectivity index (χ2n) is 7.25. The second-order valence-corrected chi connectivity index (χ2v) is 7.25. The van der Waals surface area contributed by atoms with E-state index >= 15 is 0 Å². The molecule has 0 spiro atoms. The summed E-state index contributed by atoms with van der Waals surface area (Å²) in [6.07, 6.45) is 5.22. The molecule has 9 heteroatoms. The summed E-state index contributed by atoms with van der Waals surface area (Å²) in [6.45, 7) is 6.67. The highest BCUT2D eigenvalue weighted by atomic mass is 19.1. The molecular weight excluding hydrogens is 409 g/mol. The third-order valence-electron chi connectivity index (χ3n) is 5.00. The van der Waals surface area contributed by atoms with Gasteiger partial charge in [-0.2, -0.15) is 0 Å². The maximum absolute atomic E-state index is 13.1. The molecule has 8 nitrogen and oxygen atoms in total. The zero-order valence-electron chi connectivity index (χ0n) is 18.0. The molecule has 0 bridgehead atoms. The molecule has 1 aromatic carbocycles. The first-order valence-electron chi connectivity index (χ1n) is 10.6. The molecule has 1 fully saturated rings. The van der Waals surface area contributed by atoms with Gasteiger partial charge in [0.05, 0.1) is 6.54 Å². The highest BCUT2D eigenvalue weighted by Gasteiger charge is 2.21. The van der Waals surface area contributed by atoms with Gasteiger partial charge >= 0.3 is 0 Å². The number of ether oxygens (including phenoxy) is 1. The van der Waals surface area contributed by atoms with Crippen LogP contribution in [0.2, 0.25) is 0 Å². The van der Waals surface area contributed by atoms with Crippen molar-refractivity contribution in [1.82, 2.24) is 25.2 Å². The number of aromatic nitrogens is 3. The van der Waals surface area contributed by atoms with E-state index < -0.39 is 0 Å². The molecule has 0 aliphatic carbocycles. The lowest BCUT2D eigenvalue weighted by Gasteiger charge is -2.36. The fourth-order valence-corrected chi connectivity index (χ4v) is 3.39. The van der Waals surface area contributed by atoms with Crippen molar-refractivity contribution in [2.45, 2.75) is 13.5 Å². The third-order valence-corrected chi connectivity index (χ3v) is 5.00. The molecule has 1 aliphatic rings. The molecule has 2 aromatic heterocycles. The minimum absolute atomic E-state index is 0.304. The normalized spacial score (nSPS) is 14.4. The monoisotopic (exact) mass is 435 g/mol. The number of benzene rings is 1. The van der Waals surface area contributed by atoms with Crippen LogP contribution in [0.5, 0.6) is 11.6 Å². The van der Waals surface area contributed by atoms with Crippen molar-refractivity contribution in [2.24, 2.45) is 4.99 Å². The molecule has 0 amide bonds. The molecule has 4 rings (SSSR count). The zero-order valence-corrected chi connectivity index (χ0v) is 18.0. The second kappa shape index (κ2) is 10.5. The fraction of sp³-hybridized carbons (Fsp3) is 0.304. The van der Waals surface area contributed by atoms with Crippen molar-refractivity contribution in [2.75, 3.05) is 37.6 Å². The van der Waals surface area contributed by atoms with E-state index in [2.05, 4.69) is 37.0 Å². The summed E-state index contributed by atoms with van der Waals surface area (Å²) in [5.74, 6) is 2.32. The predicted molar refractivity (Wildman–Crippen MR) is 121 cm³/mol. The first-order chi connectivity index (χ1) is 15.7. The van der Waals surface area contributed by atoms with Crippen molar-refractivity contribution in [3.8, 4) is 11.6 Å². The molecule has 0 unspecified atom stereocenters. The van der Waals surface area contributed by atoms with Crippen LogP contribution in [0.3, 0.4) is 0 Å². The smallest absolute Gasteiger partial charge is 0.225 e. The first-order valence-corrected chi connectivity index (χ1v) is 10.6. The maximum Gasteiger partial charge on any atom is 0.225 e. The van der Waals surface area contributed by atoms with Crippen LogP contribution >= 0.6 is 0 Å². The summed E-state index contributed by atoms with van der Waals surface area (Å²) in [6, 6.07) is 11.4. The van der Waals surface area contributed by atoms with E-state index in [1.54, 1.807) is 30.7 Å².